The molecule has 3 amide bonds. The first-order valence-electron chi connectivity index (χ1n) is 13.4. The molecule has 0 unspecified atom stereocenters. The van der Waals surface area contributed by atoms with Gasteiger partial charge in [0.1, 0.15) is 12.1 Å². The zero-order valence-electron chi connectivity index (χ0n) is 22.0. The third kappa shape index (κ3) is 5.49. The van der Waals surface area contributed by atoms with E-state index in [0.29, 0.717) is 31.5 Å². The van der Waals surface area contributed by atoms with Crippen molar-refractivity contribution in [2.45, 2.75) is 57.7 Å². The molecule has 1 N–H and O–H groups in total. The zero-order valence-corrected chi connectivity index (χ0v) is 22.0. The number of hydrogen-bond donors (Lipinski definition) is 1. The normalized spacial score (nSPS) is 18.3. The van der Waals surface area contributed by atoms with Gasteiger partial charge in [-0.1, -0.05) is 43.7 Å². The van der Waals surface area contributed by atoms with Crippen molar-refractivity contribution in [3.63, 3.8) is 0 Å². The number of benzene rings is 2. The molecule has 1 aliphatic heterocycles. The van der Waals surface area contributed by atoms with Crippen LogP contribution in [0.15, 0.2) is 73.3 Å². The van der Waals surface area contributed by atoms with E-state index in [1.165, 1.54) is 0 Å². The van der Waals surface area contributed by atoms with Gasteiger partial charge < -0.3 is 19.7 Å². The molecule has 8 heteroatoms. The molecule has 8 nitrogen and oxygen atoms in total. The van der Waals surface area contributed by atoms with Gasteiger partial charge in [0.15, 0.2) is 0 Å². The van der Waals surface area contributed by atoms with E-state index in [2.05, 4.69) is 10.3 Å². The summed E-state index contributed by atoms with van der Waals surface area (Å²) in [7, 11) is 1.80. The highest BCUT2D eigenvalue weighted by Gasteiger charge is 2.56. The van der Waals surface area contributed by atoms with Crippen molar-refractivity contribution in [2.75, 3.05) is 13.6 Å². The summed E-state index contributed by atoms with van der Waals surface area (Å²) in [6.07, 6.45) is 9.41. The van der Waals surface area contributed by atoms with Crippen LogP contribution in [-0.2, 0) is 16.1 Å². The lowest BCUT2D eigenvalue weighted by Crippen LogP contribution is -2.53. The fourth-order valence-electron chi connectivity index (χ4n) is 5.42. The number of rotatable bonds is 9. The average Bonchev–Trinajstić information content (AvgIpc) is 3.30. The minimum Gasteiger partial charge on any atom is -0.340 e. The topological polar surface area (TPSA) is 87.5 Å². The van der Waals surface area contributed by atoms with Crippen molar-refractivity contribution in [1.82, 2.24) is 24.7 Å². The van der Waals surface area contributed by atoms with Crippen molar-refractivity contribution in [3.05, 3.63) is 84.4 Å². The van der Waals surface area contributed by atoms with Crippen LogP contribution >= 0.6 is 0 Å². The van der Waals surface area contributed by atoms with Gasteiger partial charge in [-0.25, -0.2) is 4.98 Å². The number of imidazole rings is 1. The Morgan fingerprint density at radius 1 is 1.11 bits per heavy atom. The molecular formula is C30H35N5O3. The molecule has 2 fully saturated rings. The summed E-state index contributed by atoms with van der Waals surface area (Å²) in [5.41, 5.74) is 2.58. The van der Waals surface area contributed by atoms with Gasteiger partial charge in [0.2, 0.25) is 11.8 Å². The standard InChI is InChI=1S/C30H35N5O3/c1-3-7-25(32-27(36)23-8-5-4-6-9-23)28(37)35-20-30(14-15-30)18-26(35)29(38)33(2)19-22-10-12-24(13-11-22)34-17-16-31-21-34/h4-6,8-13,16-17,21,25-26H,3,7,14-15,18-20H2,1-2H3,(H,32,36)/t25-,26+/m0/s1. The first kappa shape index (κ1) is 25.7. The van der Waals surface area contributed by atoms with Crippen LogP contribution in [0, 0.1) is 5.41 Å². The molecule has 198 valence electrons. The van der Waals surface area contributed by atoms with Crippen LogP contribution in [0.1, 0.15) is 54.9 Å². The molecule has 5 rings (SSSR count). The van der Waals surface area contributed by atoms with Crippen LogP contribution in [0.25, 0.3) is 5.69 Å². The second-order valence-electron chi connectivity index (χ2n) is 10.7. The van der Waals surface area contributed by atoms with E-state index in [1.807, 2.05) is 48.0 Å². The Labute approximate surface area is 223 Å². The van der Waals surface area contributed by atoms with Crippen LogP contribution in [0.5, 0.6) is 0 Å². The van der Waals surface area contributed by atoms with E-state index < -0.39 is 12.1 Å². The Bertz CT molecular complexity index is 1270. The number of likely N-dealkylation sites (N-methyl/N-ethyl adjacent to an activating group) is 1. The number of hydrogen-bond acceptors (Lipinski definition) is 4. The third-order valence-corrected chi connectivity index (χ3v) is 7.79. The van der Waals surface area contributed by atoms with E-state index in [1.54, 1.807) is 53.6 Å². The van der Waals surface area contributed by atoms with Gasteiger partial charge in [0.05, 0.1) is 6.33 Å². The Hall–Kier alpha value is -3.94. The molecule has 1 spiro atoms. The summed E-state index contributed by atoms with van der Waals surface area (Å²) in [5.74, 6) is -0.473. The maximum Gasteiger partial charge on any atom is 0.251 e. The fraction of sp³-hybridized carbons (Fsp3) is 0.400. The molecule has 2 aliphatic rings. The van der Waals surface area contributed by atoms with Crippen LogP contribution in [0.3, 0.4) is 0 Å². The highest BCUT2D eigenvalue weighted by Crippen LogP contribution is 2.55. The number of nitrogens with one attached hydrogen (secondary N) is 1. The first-order chi connectivity index (χ1) is 18.4. The molecule has 2 aromatic carbocycles. The predicted molar refractivity (Wildman–Crippen MR) is 144 cm³/mol. The van der Waals surface area contributed by atoms with Crippen LogP contribution in [0.2, 0.25) is 0 Å². The molecule has 1 saturated heterocycles. The molecule has 1 aliphatic carbocycles. The largest absolute Gasteiger partial charge is 0.340 e. The SMILES string of the molecule is CCC[C@H](NC(=O)c1ccccc1)C(=O)N1CC2(CC2)C[C@@H]1C(=O)N(C)Cc1ccc(-n2ccnc2)cc1. The molecular weight excluding hydrogens is 478 g/mol. The zero-order chi connectivity index (χ0) is 26.7. The monoisotopic (exact) mass is 513 g/mol. The lowest BCUT2D eigenvalue weighted by molar-refractivity contribution is -0.144. The van der Waals surface area contributed by atoms with Crippen LogP contribution in [0.4, 0.5) is 0 Å². The number of nitrogens with zero attached hydrogens (tertiary/aromatic N) is 4. The summed E-state index contributed by atoms with van der Waals surface area (Å²) in [6.45, 7) is 3.03. The predicted octanol–water partition coefficient (Wildman–Crippen LogP) is 3.81. The van der Waals surface area contributed by atoms with E-state index in [0.717, 1.165) is 30.5 Å². The molecule has 1 saturated carbocycles. The minimum absolute atomic E-state index is 0.0451. The maximum atomic E-state index is 13.8. The molecule has 38 heavy (non-hydrogen) atoms. The average molecular weight is 514 g/mol. The van der Waals surface area contributed by atoms with Gasteiger partial charge in [-0.3, -0.25) is 14.4 Å². The van der Waals surface area contributed by atoms with Gasteiger partial charge in [-0.15, -0.1) is 0 Å². The lowest BCUT2D eigenvalue weighted by Gasteiger charge is -2.31. The smallest absolute Gasteiger partial charge is 0.251 e. The second-order valence-corrected chi connectivity index (χ2v) is 10.7. The van der Waals surface area contributed by atoms with Gasteiger partial charge >= 0.3 is 0 Å². The second kappa shape index (κ2) is 10.8. The van der Waals surface area contributed by atoms with Gasteiger partial charge in [0, 0.05) is 43.8 Å². The summed E-state index contributed by atoms with van der Waals surface area (Å²) in [6, 6.07) is 15.8. The van der Waals surface area contributed by atoms with Crippen LogP contribution in [-0.4, -0.2) is 62.7 Å². The van der Waals surface area contributed by atoms with Crippen molar-refractivity contribution < 1.29 is 14.4 Å². The third-order valence-electron chi connectivity index (χ3n) is 7.79. The number of carbonyl (C=O) groups excluding carboxylic acids is 3. The molecule has 2 heterocycles. The fourth-order valence-corrected chi connectivity index (χ4v) is 5.42. The Kier molecular flexibility index (Phi) is 7.31. The quantitative estimate of drug-likeness (QED) is 0.471. The summed E-state index contributed by atoms with van der Waals surface area (Å²) < 4.78 is 1.93. The van der Waals surface area contributed by atoms with E-state index >= 15 is 0 Å². The van der Waals surface area contributed by atoms with Crippen LogP contribution < -0.4 is 5.32 Å². The minimum atomic E-state index is -0.655. The lowest BCUT2D eigenvalue weighted by atomic mass is 10.0. The van der Waals surface area contributed by atoms with E-state index in [-0.39, 0.29) is 23.1 Å². The Morgan fingerprint density at radius 3 is 2.47 bits per heavy atom. The first-order valence-corrected chi connectivity index (χ1v) is 13.4. The number of carbonyl (C=O) groups is 3. The highest BCUT2D eigenvalue weighted by atomic mass is 16.2. The van der Waals surface area contributed by atoms with Crippen molar-refractivity contribution in [3.8, 4) is 5.69 Å². The van der Waals surface area contributed by atoms with E-state index in [4.69, 9.17) is 0 Å². The number of likely N-dealkylation sites (tertiary alicyclic amines) is 1. The number of amides is 3. The van der Waals surface area contributed by atoms with Crippen molar-refractivity contribution >= 4 is 17.7 Å². The molecule has 2 atom stereocenters. The van der Waals surface area contributed by atoms with Gasteiger partial charge in [0.25, 0.3) is 5.91 Å². The Morgan fingerprint density at radius 2 is 1.84 bits per heavy atom. The van der Waals surface area contributed by atoms with Gasteiger partial charge in [-0.05, 0) is 60.9 Å². The Balaban J connectivity index is 1.28. The van der Waals surface area contributed by atoms with E-state index in [9.17, 15) is 14.4 Å². The summed E-state index contributed by atoms with van der Waals surface area (Å²) in [4.78, 5) is 47.9. The molecule has 0 bridgehead atoms. The van der Waals surface area contributed by atoms with Crippen molar-refractivity contribution in [1.29, 1.82) is 0 Å². The van der Waals surface area contributed by atoms with Crippen molar-refractivity contribution in [2.24, 2.45) is 5.41 Å². The summed E-state index contributed by atoms with van der Waals surface area (Å²) in [5, 5.41) is 2.94. The summed E-state index contributed by atoms with van der Waals surface area (Å²) >= 11 is 0. The molecule has 0 radical (unpaired) electrons. The van der Waals surface area contributed by atoms with Gasteiger partial charge in [-0.2, -0.15) is 0 Å². The number of aromatic nitrogens is 2. The maximum absolute atomic E-state index is 13.8. The molecule has 3 aromatic rings. The molecule has 1 aromatic heterocycles. The highest BCUT2D eigenvalue weighted by molar-refractivity contribution is 5.98.